The lowest BCUT2D eigenvalue weighted by atomic mass is 10.1. The molecule has 1 N–H and O–H groups in total. The van der Waals surface area contributed by atoms with E-state index in [4.69, 9.17) is 4.74 Å². The fraction of sp³-hybridized carbons (Fsp3) is 0.500. The molecule has 0 spiro atoms. The topological polar surface area (TPSA) is 58.2 Å². The van der Waals surface area contributed by atoms with Gasteiger partial charge in [-0.25, -0.2) is 4.98 Å². The largest absolute Gasteiger partial charge is 0.433 e. The van der Waals surface area contributed by atoms with Gasteiger partial charge in [0.1, 0.15) is 5.82 Å². The van der Waals surface area contributed by atoms with Gasteiger partial charge in [0.25, 0.3) is 5.56 Å². The monoisotopic (exact) mass is 395 g/mol. The number of rotatable bonds is 6. The number of ether oxygens (including phenoxy) is 1. The number of piperidine rings is 1. The minimum Gasteiger partial charge on any atom is -0.377 e. The predicted molar refractivity (Wildman–Crippen MR) is 99.8 cm³/mol. The number of aromatic amines is 1. The molecule has 5 nitrogen and oxygen atoms in total. The zero-order valence-corrected chi connectivity index (χ0v) is 15.8. The Morgan fingerprint density at radius 1 is 1.29 bits per heavy atom. The molecule has 8 heteroatoms. The maximum Gasteiger partial charge on any atom is 0.433 e. The molecule has 2 aromatic rings. The fourth-order valence-corrected chi connectivity index (χ4v) is 3.34. The Morgan fingerprint density at radius 3 is 2.71 bits per heavy atom. The molecule has 0 aliphatic carbocycles. The molecule has 28 heavy (non-hydrogen) atoms. The molecule has 1 atom stereocenters. The average molecular weight is 395 g/mol. The lowest BCUT2D eigenvalue weighted by Crippen LogP contribution is -2.39. The van der Waals surface area contributed by atoms with E-state index in [1.165, 1.54) is 0 Å². The molecule has 1 saturated heterocycles. The number of alkyl halides is 3. The van der Waals surface area contributed by atoms with Crippen molar-refractivity contribution in [3.8, 4) is 11.4 Å². The summed E-state index contributed by atoms with van der Waals surface area (Å²) in [4.78, 5) is 19.8. The lowest BCUT2D eigenvalue weighted by molar-refractivity contribution is -0.141. The molecule has 0 unspecified atom stereocenters. The molecular weight excluding hydrogens is 371 g/mol. The van der Waals surface area contributed by atoms with Crippen molar-refractivity contribution in [1.82, 2.24) is 14.9 Å². The van der Waals surface area contributed by atoms with Gasteiger partial charge in [0.15, 0.2) is 5.69 Å². The molecule has 1 aromatic heterocycles. The number of benzene rings is 1. The van der Waals surface area contributed by atoms with E-state index in [1.807, 2.05) is 12.1 Å². The van der Waals surface area contributed by atoms with Gasteiger partial charge in [0.05, 0.1) is 6.10 Å². The first-order valence-electron chi connectivity index (χ1n) is 9.47. The molecule has 1 aliphatic rings. The van der Waals surface area contributed by atoms with E-state index >= 15 is 0 Å². The van der Waals surface area contributed by atoms with Crippen LogP contribution in [0.15, 0.2) is 35.1 Å². The Kier molecular flexibility index (Phi) is 6.51. The van der Waals surface area contributed by atoms with Crippen LogP contribution in [0.4, 0.5) is 13.2 Å². The number of halogens is 3. The van der Waals surface area contributed by atoms with Gasteiger partial charge in [0, 0.05) is 31.3 Å². The number of nitrogens with zero attached hydrogens (tertiary/aromatic N) is 2. The van der Waals surface area contributed by atoms with E-state index in [2.05, 4.69) is 21.8 Å². The molecule has 1 aliphatic heterocycles. The Morgan fingerprint density at radius 2 is 2.04 bits per heavy atom. The highest BCUT2D eigenvalue weighted by Crippen LogP contribution is 2.28. The third-order valence-electron chi connectivity index (χ3n) is 4.69. The smallest absolute Gasteiger partial charge is 0.377 e. The Bertz CT molecular complexity index is 834. The van der Waals surface area contributed by atoms with E-state index in [-0.39, 0.29) is 11.9 Å². The van der Waals surface area contributed by atoms with Gasteiger partial charge in [-0.05, 0) is 31.4 Å². The summed E-state index contributed by atoms with van der Waals surface area (Å²) in [6, 6.07) is 7.54. The van der Waals surface area contributed by atoms with Crippen LogP contribution in [0, 0.1) is 0 Å². The first kappa shape index (κ1) is 20.5. The minimum atomic E-state index is -4.66. The summed E-state index contributed by atoms with van der Waals surface area (Å²) in [5.41, 5.74) is -0.529. The van der Waals surface area contributed by atoms with E-state index in [9.17, 15) is 18.0 Å². The summed E-state index contributed by atoms with van der Waals surface area (Å²) < 4.78 is 44.5. The van der Waals surface area contributed by atoms with Crippen molar-refractivity contribution >= 4 is 0 Å². The van der Waals surface area contributed by atoms with Crippen LogP contribution in [0.25, 0.3) is 11.4 Å². The number of nitrogens with one attached hydrogen (secondary N) is 1. The minimum absolute atomic E-state index is 0.0858. The maximum atomic E-state index is 12.9. The van der Waals surface area contributed by atoms with Crippen LogP contribution in [-0.2, 0) is 17.5 Å². The highest BCUT2D eigenvalue weighted by atomic mass is 19.4. The lowest BCUT2D eigenvalue weighted by Gasteiger charge is -2.32. The van der Waals surface area contributed by atoms with E-state index in [1.54, 1.807) is 12.1 Å². The van der Waals surface area contributed by atoms with Crippen LogP contribution in [0.3, 0.4) is 0 Å². The summed E-state index contributed by atoms with van der Waals surface area (Å²) >= 11 is 0. The van der Waals surface area contributed by atoms with Crippen molar-refractivity contribution in [1.29, 1.82) is 0 Å². The molecule has 152 valence electrons. The average Bonchev–Trinajstić information content (AvgIpc) is 2.66. The molecule has 0 saturated carbocycles. The molecule has 1 fully saturated rings. The van der Waals surface area contributed by atoms with Crippen LogP contribution >= 0.6 is 0 Å². The van der Waals surface area contributed by atoms with Crippen LogP contribution in [0.2, 0.25) is 0 Å². The highest BCUT2D eigenvalue weighted by molar-refractivity contribution is 5.55. The van der Waals surface area contributed by atoms with Gasteiger partial charge < -0.3 is 9.72 Å². The van der Waals surface area contributed by atoms with Gasteiger partial charge in [0.2, 0.25) is 0 Å². The molecular formula is C20H24F3N3O2. The zero-order valence-electron chi connectivity index (χ0n) is 15.8. The van der Waals surface area contributed by atoms with E-state index < -0.39 is 17.4 Å². The summed E-state index contributed by atoms with van der Waals surface area (Å²) in [6.45, 7) is 5.49. The second kappa shape index (κ2) is 8.87. The molecule has 1 aromatic carbocycles. The third kappa shape index (κ3) is 5.42. The van der Waals surface area contributed by atoms with Gasteiger partial charge in [-0.3, -0.25) is 9.69 Å². The highest BCUT2D eigenvalue weighted by Gasteiger charge is 2.33. The molecule has 3 rings (SSSR count). The Labute approximate surface area is 161 Å². The van der Waals surface area contributed by atoms with Crippen molar-refractivity contribution in [2.45, 2.75) is 45.0 Å². The zero-order chi connectivity index (χ0) is 20.1. The second-order valence-corrected chi connectivity index (χ2v) is 7.04. The van der Waals surface area contributed by atoms with Crippen LogP contribution in [-0.4, -0.2) is 40.7 Å². The summed E-state index contributed by atoms with van der Waals surface area (Å²) in [5, 5.41) is 0. The van der Waals surface area contributed by atoms with Crippen molar-refractivity contribution in [3.05, 3.63) is 51.9 Å². The van der Waals surface area contributed by atoms with Crippen molar-refractivity contribution < 1.29 is 17.9 Å². The fourth-order valence-electron chi connectivity index (χ4n) is 3.34. The summed E-state index contributed by atoms with van der Waals surface area (Å²) in [5.74, 6) is -0.0858. The van der Waals surface area contributed by atoms with Crippen molar-refractivity contribution in [2.24, 2.45) is 0 Å². The third-order valence-corrected chi connectivity index (χ3v) is 4.69. The van der Waals surface area contributed by atoms with Crippen LogP contribution in [0.5, 0.6) is 0 Å². The van der Waals surface area contributed by atoms with Crippen molar-refractivity contribution in [3.63, 3.8) is 0 Å². The Hall–Kier alpha value is -2.19. The SMILES string of the molecule is CCCO[C@H]1CCCN(Cc2ccc(-c3nc(C(F)(F)F)cc(=O)[nH]3)cc2)C1. The number of hydrogen-bond donors (Lipinski definition) is 1. The number of H-pyrrole nitrogens is 1. The number of aromatic nitrogens is 2. The van der Waals surface area contributed by atoms with Gasteiger partial charge in [-0.2, -0.15) is 13.2 Å². The first-order chi connectivity index (χ1) is 13.3. The quantitative estimate of drug-likeness (QED) is 0.807. The van der Waals surface area contributed by atoms with E-state index in [0.717, 1.165) is 51.1 Å². The van der Waals surface area contributed by atoms with E-state index in [0.29, 0.717) is 11.6 Å². The molecule has 0 bridgehead atoms. The molecule has 2 heterocycles. The first-order valence-corrected chi connectivity index (χ1v) is 9.47. The van der Waals surface area contributed by atoms with Gasteiger partial charge in [-0.15, -0.1) is 0 Å². The van der Waals surface area contributed by atoms with Crippen molar-refractivity contribution in [2.75, 3.05) is 19.7 Å². The second-order valence-electron chi connectivity index (χ2n) is 7.04. The normalized spacial score (nSPS) is 18.4. The summed E-state index contributed by atoms with van der Waals surface area (Å²) in [7, 11) is 0. The van der Waals surface area contributed by atoms with Crippen LogP contribution < -0.4 is 5.56 Å². The molecule has 0 amide bonds. The maximum absolute atomic E-state index is 12.9. The predicted octanol–water partition coefficient (Wildman–Crippen LogP) is 3.85. The molecule has 0 radical (unpaired) electrons. The van der Waals surface area contributed by atoms with Gasteiger partial charge in [-0.1, -0.05) is 31.2 Å². The Balaban J connectivity index is 1.69. The standard InChI is InChI=1S/C20H24F3N3O2/c1-2-10-28-16-4-3-9-26(13-16)12-14-5-7-15(8-6-14)19-24-17(20(21,22)23)11-18(27)25-19/h5-8,11,16H,2-4,9-10,12-13H2,1H3,(H,24,25,27)/t16-/m0/s1. The van der Waals surface area contributed by atoms with Gasteiger partial charge >= 0.3 is 6.18 Å². The number of hydrogen-bond acceptors (Lipinski definition) is 4. The number of likely N-dealkylation sites (tertiary alicyclic amines) is 1. The van der Waals surface area contributed by atoms with Crippen LogP contribution in [0.1, 0.15) is 37.4 Å². The summed E-state index contributed by atoms with van der Waals surface area (Å²) in [6.07, 6.45) is -1.24.